The molecule has 0 radical (unpaired) electrons. The minimum Gasteiger partial charge on any atom is -0.481 e. The van der Waals surface area contributed by atoms with Gasteiger partial charge >= 0.3 is 0 Å². The Kier molecular flexibility index (Phi) is 7.13. The van der Waals surface area contributed by atoms with Gasteiger partial charge < -0.3 is 15.4 Å². The molecule has 0 saturated carbocycles. The monoisotopic (exact) mass is 338 g/mol. The van der Waals surface area contributed by atoms with Crippen LogP contribution in [0.2, 0.25) is 0 Å². The lowest BCUT2D eigenvalue weighted by Crippen LogP contribution is -2.36. The van der Waals surface area contributed by atoms with Crippen LogP contribution in [0.25, 0.3) is 0 Å². The Morgan fingerprint density at radius 2 is 2.30 bits per heavy atom. The van der Waals surface area contributed by atoms with Gasteiger partial charge in [-0.3, -0.25) is 4.79 Å². The van der Waals surface area contributed by atoms with Gasteiger partial charge in [-0.2, -0.15) is 0 Å². The lowest BCUT2D eigenvalue weighted by Gasteiger charge is -2.17. The summed E-state index contributed by atoms with van der Waals surface area (Å²) in [6, 6.07) is 5.71. The van der Waals surface area contributed by atoms with E-state index in [2.05, 4.69) is 32.5 Å². The Balaban J connectivity index is 2.75. The molecule has 5 heteroatoms. The Hall–Kier alpha value is -1.51. The summed E-state index contributed by atoms with van der Waals surface area (Å²) in [5.74, 6) is 2.83. The summed E-state index contributed by atoms with van der Waals surface area (Å²) in [6.45, 7) is 5.49. The molecule has 108 valence electrons. The first kappa shape index (κ1) is 16.5. The van der Waals surface area contributed by atoms with Crippen molar-refractivity contribution >= 4 is 21.8 Å². The van der Waals surface area contributed by atoms with E-state index in [9.17, 15) is 4.79 Å². The average molecular weight is 339 g/mol. The number of nitrogens with one attached hydrogen (secondary N) is 2. The third-order valence-corrected chi connectivity index (χ3v) is 3.12. The van der Waals surface area contributed by atoms with E-state index < -0.39 is 6.10 Å². The number of terminal acetylenes is 1. The number of ether oxygens (including phenoxy) is 1. The second-order valence-electron chi connectivity index (χ2n) is 4.21. The van der Waals surface area contributed by atoms with Crippen molar-refractivity contribution in [1.82, 2.24) is 10.6 Å². The predicted octanol–water partition coefficient (Wildman–Crippen LogP) is 2.08. The molecule has 1 rings (SSSR count). The molecule has 0 fully saturated rings. The highest BCUT2D eigenvalue weighted by atomic mass is 79.9. The van der Waals surface area contributed by atoms with Crippen molar-refractivity contribution in [2.45, 2.75) is 26.5 Å². The van der Waals surface area contributed by atoms with E-state index in [1.807, 2.05) is 25.1 Å². The summed E-state index contributed by atoms with van der Waals surface area (Å²) >= 11 is 3.43. The van der Waals surface area contributed by atoms with Crippen molar-refractivity contribution in [1.29, 1.82) is 0 Å². The molecular formula is C15H19BrN2O2. The summed E-state index contributed by atoms with van der Waals surface area (Å²) in [4.78, 5) is 11.7. The number of hydrogen-bond donors (Lipinski definition) is 2. The molecule has 1 atom stereocenters. The fraction of sp³-hybridized carbons (Fsp3) is 0.400. The van der Waals surface area contributed by atoms with E-state index in [0.29, 0.717) is 12.3 Å². The first-order chi connectivity index (χ1) is 9.58. The molecule has 1 amide bonds. The number of amides is 1. The van der Waals surface area contributed by atoms with Crippen LogP contribution < -0.4 is 15.4 Å². The highest BCUT2D eigenvalue weighted by Gasteiger charge is 2.15. The van der Waals surface area contributed by atoms with E-state index in [0.717, 1.165) is 16.6 Å². The fourth-order valence-corrected chi connectivity index (χ4v) is 2.00. The van der Waals surface area contributed by atoms with Crippen molar-refractivity contribution in [3.8, 4) is 18.1 Å². The van der Waals surface area contributed by atoms with Crippen molar-refractivity contribution in [2.75, 3.05) is 13.1 Å². The molecule has 0 spiro atoms. The van der Waals surface area contributed by atoms with Crippen molar-refractivity contribution < 1.29 is 9.53 Å². The van der Waals surface area contributed by atoms with Gasteiger partial charge in [-0.25, -0.2) is 0 Å². The number of carbonyl (C=O) groups is 1. The van der Waals surface area contributed by atoms with Gasteiger partial charge in [0.1, 0.15) is 5.75 Å². The van der Waals surface area contributed by atoms with E-state index in [1.165, 1.54) is 0 Å². The zero-order valence-electron chi connectivity index (χ0n) is 11.7. The highest BCUT2D eigenvalue weighted by Crippen LogP contribution is 2.24. The summed E-state index contributed by atoms with van der Waals surface area (Å²) in [7, 11) is 0. The van der Waals surface area contributed by atoms with E-state index >= 15 is 0 Å². The normalized spacial score (nSPS) is 11.5. The van der Waals surface area contributed by atoms with Gasteiger partial charge in [0.05, 0.1) is 6.54 Å². The predicted molar refractivity (Wildman–Crippen MR) is 83.5 cm³/mol. The first-order valence-electron chi connectivity index (χ1n) is 6.45. The molecular weight excluding hydrogens is 320 g/mol. The molecule has 4 nitrogen and oxygen atoms in total. The van der Waals surface area contributed by atoms with Crippen LogP contribution >= 0.6 is 15.9 Å². The molecule has 0 saturated heterocycles. The maximum atomic E-state index is 11.7. The molecule has 1 unspecified atom stereocenters. The molecule has 1 aromatic rings. The van der Waals surface area contributed by atoms with E-state index in [4.69, 9.17) is 11.2 Å². The smallest absolute Gasteiger partial charge is 0.261 e. The van der Waals surface area contributed by atoms with Crippen molar-refractivity contribution in [3.05, 3.63) is 28.2 Å². The van der Waals surface area contributed by atoms with E-state index in [-0.39, 0.29) is 12.5 Å². The minimum absolute atomic E-state index is 0.205. The molecule has 0 aliphatic rings. The standard InChI is InChI=1S/C15H19BrN2O2/c1-4-8-18-15(19)11(3)20-14-7-6-13(16)9-12(14)10-17-5-2/h1,6-7,9,11,17H,5,8,10H2,2-3H3,(H,18,19). The third-order valence-electron chi connectivity index (χ3n) is 2.63. The lowest BCUT2D eigenvalue weighted by molar-refractivity contribution is -0.127. The number of hydrogen-bond acceptors (Lipinski definition) is 3. The lowest BCUT2D eigenvalue weighted by atomic mass is 10.2. The Morgan fingerprint density at radius 1 is 1.55 bits per heavy atom. The van der Waals surface area contributed by atoms with E-state index in [1.54, 1.807) is 6.92 Å². The zero-order valence-corrected chi connectivity index (χ0v) is 13.3. The quantitative estimate of drug-likeness (QED) is 0.748. The summed E-state index contributed by atoms with van der Waals surface area (Å²) in [5, 5.41) is 5.84. The van der Waals surface area contributed by atoms with Crippen molar-refractivity contribution in [2.24, 2.45) is 0 Å². The van der Waals surface area contributed by atoms with Crippen molar-refractivity contribution in [3.63, 3.8) is 0 Å². The Morgan fingerprint density at radius 3 is 2.95 bits per heavy atom. The maximum Gasteiger partial charge on any atom is 0.261 e. The average Bonchev–Trinajstić information content (AvgIpc) is 2.44. The van der Waals surface area contributed by atoms with Crippen LogP contribution in [0.1, 0.15) is 19.4 Å². The molecule has 0 aliphatic carbocycles. The molecule has 0 aliphatic heterocycles. The SMILES string of the molecule is C#CCNC(=O)C(C)Oc1ccc(Br)cc1CNCC. The highest BCUT2D eigenvalue weighted by molar-refractivity contribution is 9.10. The molecule has 1 aromatic carbocycles. The number of rotatable bonds is 7. The van der Waals surface area contributed by atoms with Gasteiger partial charge in [0.2, 0.25) is 0 Å². The summed E-state index contributed by atoms with van der Waals surface area (Å²) < 4.78 is 6.69. The van der Waals surface area contributed by atoms with Crippen LogP contribution in [-0.2, 0) is 11.3 Å². The zero-order chi connectivity index (χ0) is 15.0. The molecule has 20 heavy (non-hydrogen) atoms. The van der Waals surface area contributed by atoms with Crippen LogP contribution in [0, 0.1) is 12.3 Å². The number of carbonyl (C=O) groups excluding carboxylic acids is 1. The molecule has 0 heterocycles. The van der Waals surface area contributed by atoms with Gasteiger partial charge in [0.25, 0.3) is 5.91 Å². The first-order valence-corrected chi connectivity index (χ1v) is 7.24. The number of benzene rings is 1. The largest absolute Gasteiger partial charge is 0.481 e. The van der Waals surface area contributed by atoms with Crippen LogP contribution in [0.5, 0.6) is 5.75 Å². The summed E-state index contributed by atoms with van der Waals surface area (Å²) in [5.41, 5.74) is 0.998. The van der Waals surface area contributed by atoms with Crippen LogP contribution in [0.3, 0.4) is 0 Å². The van der Waals surface area contributed by atoms with Gasteiger partial charge in [-0.1, -0.05) is 28.8 Å². The second-order valence-corrected chi connectivity index (χ2v) is 5.13. The minimum atomic E-state index is -0.593. The van der Waals surface area contributed by atoms with Gasteiger partial charge in [-0.15, -0.1) is 6.42 Å². The fourth-order valence-electron chi connectivity index (χ4n) is 1.59. The maximum absolute atomic E-state index is 11.7. The topological polar surface area (TPSA) is 50.4 Å². The third kappa shape index (κ3) is 5.24. The van der Waals surface area contributed by atoms with Gasteiger partial charge in [-0.05, 0) is 31.7 Å². The number of halogens is 1. The van der Waals surface area contributed by atoms with Crippen LogP contribution in [0.15, 0.2) is 22.7 Å². The molecule has 0 aromatic heterocycles. The van der Waals surface area contributed by atoms with Crippen LogP contribution in [-0.4, -0.2) is 25.1 Å². The summed E-state index contributed by atoms with van der Waals surface area (Å²) in [6.07, 6.45) is 4.51. The van der Waals surface area contributed by atoms with Gasteiger partial charge in [0, 0.05) is 16.6 Å². The van der Waals surface area contributed by atoms with Gasteiger partial charge in [0.15, 0.2) is 6.10 Å². The Bertz CT molecular complexity index is 497. The molecule has 0 bridgehead atoms. The molecule has 2 N–H and O–H groups in total. The second kappa shape index (κ2) is 8.62. The van der Waals surface area contributed by atoms with Crippen LogP contribution in [0.4, 0.5) is 0 Å². The Labute approximate surface area is 128 Å².